The number of nitrogens with one attached hydrogen (secondary N) is 3. The van der Waals surface area contributed by atoms with Crippen molar-refractivity contribution in [2.45, 2.75) is 64.1 Å². The SMILES string of the molecule is C[C@H]1CN([C@@H](C)CO)C(=O)c2cccc(NC(=O)NC3CCCCC3)c2O[C@@H]1CN(C)C(=O)Nc1ccccc1. The molecule has 216 valence electrons. The molecule has 1 aliphatic heterocycles. The molecule has 1 fully saturated rings. The number of carbonyl (C=O) groups is 3. The number of ether oxygens (including phenoxy) is 1. The summed E-state index contributed by atoms with van der Waals surface area (Å²) in [6, 6.07) is 13.3. The molecule has 0 radical (unpaired) electrons. The fraction of sp³-hybridized carbons (Fsp3) is 0.500. The number of aliphatic hydroxyl groups excluding tert-OH is 1. The van der Waals surface area contributed by atoms with Crippen LogP contribution in [0.25, 0.3) is 0 Å². The van der Waals surface area contributed by atoms with Gasteiger partial charge in [-0.3, -0.25) is 4.79 Å². The van der Waals surface area contributed by atoms with Gasteiger partial charge in [-0.05, 0) is 44.0 Å². The average molecular weight is 552 g/mol. The van der Waals surface area contributed by atoms with Crippen molar-refractivity contribution < 1.29 is 24.2 Å². The van der Waals surface area contributed by atoms with E-state index >= 15 is 0 Å². The number of amides is 5. The molecule has 1 saturated carbocycles. The van der Waals surface area contributed by atoms with Gasteiger partial charge in [0.05, 0.1) is 30.4 Å². The van der Waals surface area contributed by atoms with Crippen LogP contribution in [0.2, 0.25) is 0 Å². The quantitative estimate of drug-likeness (QED) is 0.403. The van der Waals surface area contributed by atoms with Crippen LogP contribution in [-0.4, -0.2) is 77.8 Å². The number of likely N-dealkylation sites (N-methyl/N-ethyl adjacent to an activating group) is 1. The summed E-state index contributed by atoms with van der Waals surface area (Å²) in [5.74, 6) is -0.217. The molecule has 0 bridgehead atoms. The Morgan fingerprint density at radius 2 is 1.80 bits per heavy atom. The van der Waals surface area contributed by atoms with E-state index in [9.17, 15) is 19.5 Å². The van der Waals surface area contributed by atoms with Gasteiger partial charge in [-0.2, -0.15) is 0 Å². The second-order valence-corrected chi connectivity index (χ2v) is 10.9. The highest BCUT2D eigenvalue weighted by atomic mass is 16.5. The van der Waals surface area contributed by atoms with E-state index < -0.39 is 12.1 Å². The molecular formula is C30H41N5O5. The van der Waals surface area contributed by atoms with Crippen molar-refractivity contribution >= 4 is 29.3 Å². The fourth-order valence-corrected chi connectivity index (χ4v) is 5.24. The molecule has 0 saturated heterocycles. The number of aliphatic hydroxyl groups is 1. The van der Waals surface area contributed by atoms with E-state index in [1.54, 1.807) is 42.0 Å². The summed E-state index contributed by atoms with van der Waals surface area (Å²) in [7, 11) is 1.69. The lowest BCUT2D eigenvalue weighted by atomic mass is 9.96. The fourth-order valence-electron chi connectivity index (χ4n) is 5.24. The summed E-state index contributed by atoms with van der Waals surface area (Å²) in [5.41, 5.74) is 1.36. The molecule has 4 rings (SSSR count). The maximum atomic E-state index is 13.7. The van der Waals surface area contributed by atoms with Crippen molar-refractivity contribution in [2.24, 2.45) is 5.92 Å². The van der Waals surface area contributed by atoms with Gasteiger partial charge in [-0.15, -0.1) is 0 Å². The smallest absolute Gasteiger partial charge is 0.321 e. The Balaban J connectivity index is 1.59. The van der Waals surface area contributed by atoms with Crippen LogP contribution >= 0.6 is 0 Å². The molecule has 40 heavy (non-hydrogen) atoms. The van der Waals surface area contributed by atoms with Gasteiger partial charge >= 0.3 is 12.1 Å². The predicted octanol–water partition coefficient (Wildman–Crippen LogP) is 4.52. The minimum atomic E-state index is -0.504. The third-order valence-corrected chi connectivity index (χ3v) is 7.71. The van der Waals surface area contributed by atoms with E-state index in [0.717, 1.165) is 25.7 Å². The number of hydrogen-bond acceptors (Lipinski definition) is 5. The maximum Gasteiger partial charge on any atom is 0.321 e. The first-order valence-electron chi connectivity index (χ1n) is 14.1. The van der Waals surface area contributed by atoms with Crippen LogP contribution in [0.5, 0.6) is 5.75 Å². The van der Waals surface area contributed by atoms with Gasteiger partial charge in [0.1, 0.15) is 6.10 Å². The van der Waals surface area contributed by atoms with Gasteiger partial charge < -0.3 is 35.6 Å². The summed E-state index contributed by atoms with van der Waals surface area (Å²) in [6.07, 6.45) is 4.75. The van der Waals surface area contributed by atoms with E-state index in [2.05, 4.69) is 16.0 Å². The lowest BCUT2D eigenvalue weighted by molar-refractivity contribution is 0.0373. The first-order valence-corrected chi connectivity index (χ1v) is 14.1. The zero-order chi connectivity index (χ0) is 28.6. The number of nitrogens with zero attached hydrogens (tertiary/aromatic N) is 2. The highest BCUT2D eigenvalue weighted by Crippen LogP contribution is 2.35. The number of para-hydroxylation sites is 2. The Morgan fingerprint density at radius 3 is 2.50 bits per heavy atom. The minimum absolute atomic E-state index is 0.118. The standard InChI is InChI=1S/C30H41N5O5/c1-20-17-35(21(2)19-36)28(37)24-15-10-16-25(33-29(38)31-22-11-6-4-7-12-22)27(24)40-26(20)18-34(3)30(39)32-23-13-8-5-9-14-23/h5,8-10,13-16,20-22,26,36H,4,6-7,11-12,17-19H2,1-3H3,(H,32,39)(H2,31,33,38)/t20-,21-,26+/m0/s1. The third kappa shape index (κ3) is 7.24. The third-order valence-electron chi connectivity index (χ3n) is 7.71. The molecule has 1 heterocycles. The number of benzene rings is 2. The average Bonchev–Trinajstić information content (AvgIpc) is 2.95. The van der Waals surface area contributed by atoms with E-state index in [-0.39, 0.29) is 48.8 Å². The lowest BCUT2D eigenvalue weighted by Gasteiger charge is -2.38. The molecule has 10 heteroatoms. The van der Waals surface area contributed by atoms with E-state index in [0.29, 0.717) is 23.5 Å². The Labute approximate surface area is 236 Å². The first-order chi connectivity index (χ1) is 19.3. The van der Waals surface area contributed by atoms with Crippen molar-refractivity contribution in [3.05, 3.63) is 54.1 Å². The van der Waals surface area contributed by atoms with Crippen LogP contribution in [0.4, 0.5) is 21.0 Å². The predicted molar refractivity (Wildman–Crippen MR) is 155 cm³/mol. The molecule has 4 N–H and O–H groups in total. The Kier molecular flexibility index (Phi) is 9.87. The first kappa shape index (κ1) is 29.2. The molecular weight excluding hydrogens is 510 g/mol. The molecule has 5 amide bonds. The van der Waals surface area contributed by atoms with Crippen molar-refractivity contribution in [1.29, 1.82) is 0 Å². The number of anilines is 2. The van der Waals surface area contributed by atoms with Crippen molar-refractivity contribution in [2.75, 3.05) is 37.4 Å². The Hall–Kier alpha value is -3.79. The Morgan fingerprint density at radius 1 is 1.07 bits per heavy atom. The van der Waals surface area contributed by atoms with Gasteiger partial charge in [-0.25, -0.2) is 9.59 Å². The number of urea groups is 2. The number of hydrogen-bond donors (Lipinski definition) is 4. The van der Waals surface area contributed by atoms with Crippen LogP contribution in [0.3, 0.4) is 0 Å². The summed E-state index contributed by atoms with van der Waals surface area (Å²) < 4.78 is 6.50. The summed E-state index contributed by atoms with van der Waals surface area (Å²) >= 11 is 0. The maximum absolute atomic E-state index is 13.7. The topological polar surface area (TPSA) is 123 Å². The van der Waals surface area contributed by atoms with E-state index in [4.69, 9.17) is 4.74 Å². The van der Waals surface area contributed by atoms with Crippen molar-refractivity contribution in [3.8, 4) is 5.75 Å². The lowest BCUT2D eigenvalue weighted by Crippen LogP contribution is -2.50. The Bertz CT molecular complexity index is 1170. The van der Waals surface area contributed by atoms with Gasteiger partial charge in [0, 0.05) is 31.2 Å². The summed E-state index contributed by atoms with van der Waals surface area (Å²) in [6.45, 7) is 4.12. The minimum Gasteiger partial charge on any atom is -0.485 e. The van der Waals surface area contributed by atoms with Crippen molar-refractivity contribution in [3.63, 3.8) is 0 Å². The molecule has 2 aromatic rings. The van der Waals surface area contributed by atoms with Crippen LogP contribution in [0.15, 0.2) is 48.5 Å². The normalized spacial score (nSPS) is 20.3. The second-order valence-electron chi connectivity index (χ2n) is 10.9. The molecule has 3 atom stereocenters. The number of rotatable bonds is 7. The number of fused-ring (bicyclic) bond motifs is 1. The molecule has 1 aliphatic carbocycles. The van der Waals surface area contributed by atoms with Crippen LogP contribution < -0.4 is 20.7 Å². The zero-order valence-electron chi connectivity index (χ0n) is 23.6. The van der Waals surface area contributed by atoms with Crippen LogP contribution in [0, 0.1) is 5.92 Å². The molecule has 10 nitrogen and oxygen atoms in total. The van der Waals surface area contributed by atoms with Gasteiger partial charge in [0.15, 0.2) is 5.75 Å². The van der Waals surface area contributed by atoms with Crippen LogP contribution in [0.1, 0.15) is 56.3 Å². The number of carbonyl (C=O) groups excluding carboxylic acids is 3. The van der Waals surface area contributed by atoms with Gasteiger partial charge in [0.2, 0.25) is 0 Å². The largest absolute Gasteiger partial charge is 0.485 e. The second kappa shape index (κ2) is 13.5. The molecule has 0 spiro atoms. The molecule has 0 unspecified atom stereocenters. The molecule has 2 aromatic carbocycles. The molecule has 0 aromatic heterocycles. The van der Waals surface area contributed by atoms with E-state index in [1.807, 2.05) is 37.3 Å². The molecule has 2 aliphatic rings. The summed E-state index contributed by atoms with van der Waals surface area (Å²) in [5, 5.41) is 18.7. The summed E-state index contributed by atoms with van der Waals surface area (Å²) in [4.78, 5) is 42.7. The zero-order valence-corrected chi connectivity index (χ0v) is 23.6. The highest BCUT2D eigenvalue weighted by molar-refractivity contribution is 6.01. The van der Waals surface area contributed by atoms with E-state index in [1.165, 1.54) is 6.42 Å². The van der Waals surface area contributed by atoms with Gasteiger partial charge in [0.25, 0.3) is 5.91 Å². The van der Waals surface area contributed by atoms with Gasteiger partial charge in [-0.1, -0.05) is 50.5 Å². The monoisotopic (exact) mass is 551 g/mol. The van der Waals surface area contributed by atoms with Crippen LogP contribution in [-0.2, 0) is 0 Å². The highest BCUT2D eigenvalue weighted by Gasteiger charge is 2.35. The van der Waals surface area contributed by atoms with Crippen molar-refractivity contribution in [1.82, 2.24) is 15.1 Å².